The van der Waals surface area contributed by atoms with Crippen LogP contribution in [0, 0.1) is 6.57 Å². The summed E-state index contributed by atoms with van der Waals surface area (Å²) >= 11 is 6.16. The minimum absolute atomic E-state index is 0.235. The summed E-state index contributed by atoms with van der Waals surface area (Å²) < 4.78 is 27.5. The van der Waals surface area contributed by atoms with Gasteiger partial charge in [0.15, 0.2) is 5.69 Å². The lowest BCUT2D eigenvalue weighted by Crippen LogP contribution is -2.43. The fraction of sp³-hybridized carbons (Fsp3) is 0.188. The Balaban J connectivity index is 1.83. The molecular weight excluding hydrogens is 334 g/mol. The molecule has 1 aliphatic heterocycles. The van der Waals surface area contributed by atoms with E-state index in [9.17, 15) is 8.42 Å². The third-order valence-electron chi connectivity index (χ3n) is 3.65. The van der Waals surface area contributed by atoms with Crippen LogP contribution in [0.5, 0.6) is 0 Å². The number of anilines is 1. The fourth-order valence-electron chi connectivity index (χ4n) is 2.60. The van der Waals surface area contributed by atoms with Crippen molar-refractivity contribution in [1.29, 1.82) is 0 Å². The quantitative estimate of drug-likeness (QED) is 0.838. The summed E-state index contributed by atoms with van der Waals surface area (Å²) in [5, 5.41) is 3.63. The highest BCUT2D eigenvalue weighted by molar-refractivity contribution is 7.89. The Labute approximate surface area is 140 Å². The summed E-state index contributed by atoms with van der Waals surface area (Å²) in [5.41, 5.74) is 2.06. The SMILES string of the molecule is [C-]#[N+]c1cc(Cl)c2c(c1)CC(NS(=O)(=O)c1ccccc1)CN2. The number of nitrogens with one attached hydrogen (secondary N) is 2. The zero-order chi connectivity index (χ0) is 16.4. The minimum atomic E-state index is -3.57. The highest BCUT2D eigenvalue weighted by atomic mass is 35.5. The van der Waals surface area contributed by atoms with E-state index in [0.29, 0.717) is 23.7 Å². The molecule has 1 heterocycles. The van der Waals surface area contributed by atoms with Gasteiger partial charge in [0, 0.05) is 12.6 Å². The van der Waals surface area contributed by atoms with Gasteiger partial charge in [-0.3, -0.25) is 0 Å². The summed E-state index contributed by atoms with van der Waals surface area (Å²) in [6.45, 7) is 7.54. The van der Waals surface area contributed by atoms with Crippen LogP contribution in [-0.4, -0.2) is 21.0 Å². The maximum atomic E-state index is 12.4. The molecule has 0 radical (unpaired) electrons. The van der Waals surface area contributed by atoms with Crippen LogP contribution >= 0.6 is 11.6 Å². The largest absolute Gasteiger partial charge is 0.382 e. The number of nitrogens with zero attached hydrogens (tertiary/aromatic N) is 1. The first-order valence-electron chi connectivity index (χ1n) is 7.01. The van der Waals surface area contributed by atoms with E-state index < -0.39 is 10.0 Å². The number of halogens is 1. The van der Waals surface area contributed by atoms with Gasteiger partial charge in [0.05, 0.1) is 22.2 Å². The van der Waals surface area contributed by atoms with Gasteiger partial charge in [-0.25, -0.2) is 18.0 Å². The van der Waals surface area contributed by atoms with Gasteiger partial charge < -0.3 is 5.32 Å². The van der Waals surface area contributed by atoms with Crippen LogP contribution in [0.2, 0.25) is 5.02 Å². The van der Waals surface area contributed by atoms with Crippen molar-refractivity contribution in [2.45, 2.75) is 17.4 Å². The Kier molecular flexibility index (Phi) is 4.26. The molecule has 3 rings (SSSR count). The van der Waals surface area contributed by atoms with Crippen LogP contribution in [-0.2, 0) is 16.4 Å². The van der Waals surface area contributed by atoms with E-state index in [1.165, 1.54) is 0 Å². The Morgan fingerprint density at radius 2 is 2.00 bits per heavy atom. The summed E-state index contributed by atoms with van der Waals surface area (Å²) in [6.07, 6.45) is 0.484. The molecule has 23 heavy (non-hydrogen) atoms. The molecule has 0 saturated heterocycles. The predicted molar refractivity (Wildman–Crippen MR) is 90.5 cm³/mol. The lowest BCUT2D eigenvalue weighted by molar-refractivity contribution is 0.549. The summed E-state index contributed by atoms with van der Waals surface area (Å²) in [4.78, 5) is 3.62. The predicted octanol–water partition coefficient (Wildman–Crippen LogP) is 3.21. The van der Waals surface area contributed by atoms with E-state index in [4.69, 9.17) is 18.2 Å². The van der Waals surface area contributed by atoms with Gasteiger partial charge in [-0.15, -0.1) is 0 Å². The molecule has 1 atom stereocenters. The molecule has 0 spiro atoms. The highest BCUT2D eigenvalue weighted by Gasteiger charge is 2.25. The molecule has 0 amide bonds. The van der Waals surface area contributed by atoms with E-state index in [1.807, 2.05) is 0 Å². The Bertz CT molecular complexity index is 876. The molecule has 5 nitrogen and oxygen atoms in total. The molecule has 118 valence electrons. The monoisotopic (exact) mass is 347 g/mol. The van der Waals surface area contributed by atoms with Gasteiger partial charge in [0.1, 0.15) is 0 Å². The van der Waals surface area contributed by atoms with Gasteiger partial charge in [0.2, 0.25) is 10.0 Å². The van der Waals surface area contributed by atoms with E-state index >= 15 is 0 Å². The smallest absolute Gasteiger partial charge is 0.240 e. The molecule has 7 heteroatoms. The van der Waals surface area contributed by atoms with E-state index in [2.05, 4.69) is 14.9 Å². The van der Waals surface area contributed by atoms with Crippen molar-refractivity contribution in [3.8, 4) is 0 Å². The van der Waals surface area contributed by atoms with Crippen molar-refractivity contribution in [2.24, 2.45) is 0 Å². The molecule has 0 aliphatic carbocycles. The lowest BCUT2D eigenvalue weighted by Gasteiger charge is -2.27. The summed E-state index contributed by atoms with van der Waals surface area (Å²) in [6, 6.07) is 11.3. The highest BCUT2D eigenvalue weighted by Crippen LogP contribution is 2.34. The van der Waals surface area contributed by atoms with Gasteiger partial charge in [0.25, 0.3) is 0 Å². The van der Waals surface area contributed by atoms with Crippen LogP contribution in [0.1, 0.15) is 5.56 Å². The fourth-order valence-corrected chi connectivity index (χ4v) is 4.16. The molecule has 0 fully saturated rings. The van der Waals surface area contributed by atoms with Crippen molar-refractivity contribution in [3.63, 3.8) is 0 Å². The van der Waals surface area contributed by atoms with E-state index in [1.54, 1.807) is 42.5 Å². The molecule has 2 N–H and O–H groups in total. The van der Waals surface area contributed by atoms with E-state index in [0.717, 1.165) is 11.3 Å². The zero-order valence-electron chi connectivity index (χ0n) is 12.1. The van der Waals surface area contributed by atoms with Crippen molar-refractivity contribution < 1.29 is 8.42 Å². The number of fused-ring (bicyclic) bond motifs is 1. The standard InChI is InChI=1S/C16H14ClN3O2S/c1-18-12-7-11-8-13(10-19-16(11)15(17)9-12)20-23(21,22)14-5-3-2-4-6-14/h2-7,9,13,19-20H,8,10H2. The molecule has 2 aromatic rings. The average molecular weight is 348 g/mol. The second kappa shape index (κ2) is 6.20. The third kappa shape index (κ3) is 3.32. The maximum absolute atomic E-state index is 12.4. The van der Waals surface area contributed by atoms with E-state index in [-0.39, 0.29) is 10.9 Å². The second-order valence-electron chi connectivity index (χ2n) is 5.29. The van der Waals surface area contributed by atoms with Gasteiger partial charge >= 0.3 is 0 Å². The van der Waals surface area contributed by atoms with Crippen LogP contribution in [0.3, 0.4) is 0 Å². The molecule has 2 aromatic carbocycles. The minimum Gasteiger partial charge on any atom is -0.382 e. The average Bonchev–Trinajstić information content (AvgIpc) is 2.55. The Morgan fingerprint density at radius 3 is 2.70 bits per heavy atom. The van der Waals surface area contributed by atoms with Crippen molar-refractivity contribution in [1.82, 2.24) is 4.72 Å². The van der Waals surface area contributed by atoms with Crippen LogP contribution in [0.15, 0.2) is 47.4 Å². The zero-order valence-corrected chi connectivity index (χ0v) is 13.7. The molecule has 0 aromatic heterocycles. The third-order valence-corrected chi connectivity index (χ3v) is 5.49. The van der Waals surface area contributed by atoms with Crippen molar-refractivity contribution in [3.05, 3.63) is 64.5 Å². The first kappa shape index (κ1) is 15.8. The molecular formula is C16H14ClN3O2S. The maximum Gasteiger partial charge on any atom is 0.240 e. The first-order valence-corrected chi connectivity index (χ1v) is 8.87. The molecule has 0 bridgehead atoms. The van der Waals surface area contributed by atoms with Gasteiger partial charge in [-0.05, 0) is 30.2 Å². The lowest BCUT2D eigenvalue weighted by atomic mass is 10.00. The molecule has 0 saturated carbocycles. The first-order chi connectivity index (χ1) is 11.0. The Morgan fingerprint density at radius 1 is 1.26 bits per heavy atom. The van der Waals surface area contributed by atoms with Crippen LogP contribution in [0.4, 0.5) is 11.4 Å². The number of sulfonamides is 1. The van der Waals surface area contributed by atoms with Crippen LogP contribution < -0.4 is 10.0 Å². The number of rotatable bonds is 3. The Hall–Kier alpha value is -2.07. The second-order valence-corrected chi connectivity index (χ2v) is 7.41. The van der Waals surface area contributed by atoms with Gasteiger partial charge in [-0.2, -0.15) is 0 Å². The van der Waals surface area contributed by atoms with Crippen LogP contribution in [0.25, 0.3) is 4.85 Å². The summed E-state index contributed by atoms with van der Waals surface area (Å²) in [7, 11) is -3.57. The van der Waals surface area contributed by atoms with Crippen molar-refractivity contribution >= 4 is 33.0 Å². The van der Waals surface area contributed by atoms with Gasteiger partial charge in [-0.1, -0.05) is 35.9 Å². The van der Waals surface area contributed by atoms with Crippen molar-refractivity contribution in [2.75, 3.05) is 11.9 Å². The normalized spacial score (nSPS) is 17.0. The molecule has 1 aliphatic rings. The summed E-state index contributed by atoms with van der Waals surface area (Å²) in [5.74, 6) is 0. The number of hydrogen-bond donors (Lipinski definition) is 2. The number of benzene rings is 2. The topological polar surface area (TPSA) is 62.6 Å². The molecule has 1 unspecified atom stereocenters. The number of hydrogen-bond acceptors (Lipinski definition) is 3.